The summed E-state index contributed by atoms with van der Waals surface area (Å²) in [5, 5.41) is 19.3. The monoisotopic (exact) mass is 447 g/mol. The van der Waals surface area contributed by atoms with Gasteiger partial charge in [-0.25, -0.2) is 4.79 Å². The molecule has 2 aromatic rings. The summed E-state index contributed by atoms with van der Waals surface area (Å²) < 4.78 is 0. The Morgan fingerprint density at radius 3 is 2.33 bits per heavy atom. The zero-order valence-corrected chi connectivity index (χ0v) is 18.7. The summed E-state index contributed by atoms with van der Waals surface area (Å²) in [6.45, 7) is 3.91. The van der Waals surface area contributed by atoms with Gasteiger partial charge in [-0.1, -0.05) is 42.2 Å². The molecule has 0 saturated carbocycles. The first-order chi connectivity index (χ1) is 16.0. The van der Waals surface area contributed by atoms with Gasteiger partial charge in [-0.15, -0.1) is 0 Å². The first kappa shape index (κ1) is 23.0. The van der Waals surface area contributed by atoms with Crippen LogP contribution in [0.25, 0.3) is 0 Å². The lowest BCUT2D eigenvalue weighted by Gasteiger charge is -2.36. The van der Waals surface area contributed by atoms with Crippen molar-refractivity contribution in [3.8, 4) is 11.8 Å². The molecule has 2 N–H and O–H groups in total. The van der Waals surface area contributed by atoms with Crippen LogP contribution in [0.2, 0.25) is 0 Å². The summed E-state index contributed by atoms with van der Waals surface area (Å²) in [4.78, 5) is 30.4. The molecule has 7 heteroatoms. The Hall–Kier alpha value is -3.18. The van der Waals surface area contributed by atoms with E-state index in [0.29, 0.717) is 19.6 Å². The molecular weight excluding hydrogens is 418 g/mol. The van der Waals surface area contributed by atoms with Crippen LogP contribution < -0.4 is 0 Å². The Labute approximate surface area is 194 Å². The Balaban J connectivity index is 1.37. The normalized spacial score (nSPS) is 20.1. The van der Waals surface area contributed by atoms with Crippen molar-refractivity contribution in [3.63, 3.8) is 0 Å². The quantitative estimate of drug-likeness (QED) is 0.653. The van der Waals surface area contributed by atoms with Crippen LogP contribution in [0.1, 0.15) is 23.6 Å². The number of carbonyl (C=O) groups is 2. The number of Topliss-reactive ketones (excluding diaryl/α,β-unsaturated/α-hetero) is 1. The molecule has 1 unspecified atom stereocenters. The van der Waals surface area contributed by atoms with Crippen LogP contribution in [0.4, 0.5) is 4.79 Å². The number of aliphatic hydroxyl groups is 2. The molecule has 2 aromatic carbocycles. The molecule has 2 saturated heterocycles. The molecule has 33 heavy (non-hydrogen) atoms. The predicted octanol–water partition coefficient (Wildman–Crippen LogP) is 1.32. The third-order valence-electron chi connectivity index (χ3n) is 6.23. The van der Waals surface area contributed by atoms with E-state index in [1.807, 2.05) is 42.5 Å². The number of rotatable bonds is 6. The summed E-state index contributed by atoms with van der Waals surface area (Å²) in [6, 6.07) is 16.8. The van der Waals surface area contributed by atoms with Gasteiger partial charge in [0.2, 0.25) is 0 Å². The summed E-state index contributed by atoms with van der Waals surface area (Å²) >= 11 is 0. The maximum atomic E-state index is 12.8. The number of carbonyl (C=O) groups excluding carboxylic acids is 2. The van der Waals surface area contributed by atoms with Crippen LogP contribution in [0, 0.1) is 11.8 Å². The molecule has 7 nitrogen and oxygen atoms in total. The van der Waals surface area contributed by atoms with Crippen LogP contribution in [0.15, 0.2) is 54.6 Å². The average Bonchev–Trinajstić information content (AvgIpc) is 3.14. The molecule has 2 aliphatic rings. The number of hydrogen-bond acceptors (Lipinski definition) is 5. The second-order valence-electron chi connectivity index (χ2n) is 8.64. The first-order valence-electron chi connectivity index (χ1n) is 11.2. The first-order valence-corrected chi connectivity index (χ1v) is 11.2. The smallest absolute Gasteiger partial charge is 0.321 e. The second-order valence-corrected chi connectivity index (χ2v) is 8.64. The van der Waals surface area contributed by atoms with E-state index in [1.165, 1.54) is 17.4 Å². The Bertz CT molecular complexity index is 1040. The number of amides is 2. The number of nitrogens with zero attached hydrogens (tertiary/aromatic N) is 3. The van der Waals surface area contributed by atoms with Gasteiger partial charge < -0.3 is 20.0 Å². The molecule has 0 aliphatic carbocycles. The number of piperazine rings is 1. The van der Waals surface area contributed by atoms with Crippen LogP contribution >= 0.6 is 0 Å². The molecule has 172 valence electrons. The van der Waals surface area contributed by atoms with E-state index >= 15 is 0 Å². The molecule has 3 atom stereocenters. The van der Waals surface area contributed by atoms with E-state index in [2.05, 4.69) is 28.9 Å². The molecule has 0 aromatic heterocycles. The SMILES string of the molecule is C[C@@H](O)[C@@H](C(=O)CO)N1CC2CN(Cc3ccc(C#Cc4ccccc4)cc3)CCN2C1=O. The molecule has 0 spiro atoms. The minimum atomic E-state index is -1.03. The van der Waals surface area contributed by atoms with Crippen molar-refractivity contribution < 1.29 is 19.8 Å². The highest BCUT2D eigenvalue weighted by Crippen LogP contribution is 2.25. The zero-order chi connectivity index (χ0) is 23.4. The third kappa shape index (κ3) is 5.25. The van der Waals surface area contributed by atoms with Gasteiger partial charge in [-0.3, -0.25) is 9.69 Å². The fourth-order valence-corrected chi connectivity index (χ4v) is 4.59. The maximum absolute atomic E-state index is 12.8. The standard InChI is InChI=1S/C26H29N3O4/c1-19(31)25(24(32)18-30)29-17-23-16-27(13-14-28(23)26(29)33)15-22-11-9-21(10-12-22)8-7-20-5-3-2-4-6-20/h2-6,9-12,19,23,25,30-31H,13-18H2,1H3/t19-,23?,25+/m1/s1. The van der Waals surface area contributed by atoms with Crippen molar-refractivity contribution in [2.45, 2.75) is 31.7 Å². The van der Waals surface area contributed by atoms with Gasteiger partial charge in [-0.05, 0) is 36.8 Å². The van der Waals surface area contributed by atoms with Crippen molar-refractivity contribution in [1.82, 2.24) is 14.7 Å². The van der Waals surface area contributed by atoms with Crippen LogP contribution in [-0.2, 0) is 11.3 Å². The van der Waals surface area contributed by atoms with Gasteiger partial charge in [0.1, 0.15) is 12.6 Å². The number of ketones is 1. The topological polar surface area (TPSA) is 84.3 Å². The lowest BCUT2D eigenvalue weighted by atomic mass is 10.1. The number of fused-ring (bicyclic) bond motifs is 1. The Morgan fingerprint density at radius 2 is 1.70 bits per heavy atom. The molecular formula is C26H29N3O4. The summed E-state index contributed by atoms with van der Waals surface area (Å²) in [5.41, 5.74) is 3.12. The van der Waals surface area contributed by atoms with Gasteiger partial charge in [0.05, 0.1) is 12.1 Å². The summed E-state index contributed by atoms with van der Waals surface area (Å²) in [6.07, 6.45) is -1.03. The summed E-state index contributed by atoms with van der Waals surface area (Å²) in [5.74, 6) is 5.81. The van der Waals surface area contributed by atoms with Crippen molar-refractivity contribution in [2.75, 3.05) is 32.8 Å². The van der Waals surface area contributed by atoms with Gasteiger partial charge in [0.25, 0.3) is 0 Å². The van der Waals surface area contributed by atoms with E-state index < -0.39 is 24.5 Å². The van der Waals surface area contributed by atoms with Crippen LogP contribution in [0.5, 0.6) is 0 Å². The molecule has 2 amide bonds. The van der Waals surface area contributed by atoms with E-state index in [-0.39, 0.29) is 12.1 Å². The molecule has 2 heterocycles. The lowest BCUT2D eigenvalue weighted by molar-refractivity contribution is -0.129. The lowest BCUT2D eigenvalue weighted by Crippen LogP contribution is -2.52. The van der Waals surface area contributed by atoms with Gasteiger partial charge >= 0.3 is 6.03 Å². The Morgan fingerprint density at radius 1 is 1.03 bits per heavy atom. The molecule has 2 aliphatic heterocycles. The number of hydrogen-bond donors (Lipinski definition) is 2. The van der Waals surface area contributed by atoms with Crippen molar-refractivity contribution in [3.05, 3.63) is 71.3 Å². The van der Waals surface area contributed by atoms with Crippen molar-refractivity contribution in [2.24, 2.45) is 0 Å². The van der Waals surface area contributed by atoms with E-state index in [0.717, 1.165) is 24.2 Å². The van der Waals surface area contributed by atoms with Crippen molar-refractivity contribution in [1.29, 1.82) is 0 Å². The van der Waals surface area contributed by atoms with Gasteiger partial charge in [0.15, 0.2) is 5.78 Å². The highest BCUT2D eigenvalue weighted by Gasteiger charge is 2.46. The number of urea groups is 1. The molecule has 4 rings (SSSR count). The maximum Gasteiger partial charge on any atom is 0.321 e. The van der Waals surface area contributed by atoms with Crippen molar-refractivity contribution >= 4 is 11.8 Å². The van der Waals surface area contributed by atoms with E-state index in [9.17, 15) is 19.8 Å². The Kier molecular flexibility index (Phi) is 7.09. The largest absolute Gasteiger partial charge is 0.391 e. The van der Waals surface area contributed by atoms with E-state index in [4.69, 9.17) is 0 Å². The van der Waals surface area contributed by atoms with Crippen LogP contribution in [-0.4, -0.2) is 87.7 Å². The third-order valence-corrected chi connectivity index (χ3v) is 6.23. The minimum absolute atomic E-state index is 0.0463. The average molecular weight is 448 g/mol. The number of aliphatic hydroxyl groups excluding tert-OH is 2. The number of benzene rings is 2. The molecule has 0 radical (unpaired) electrons. The van der Waals surface area contributed by atoms with Gasteiger partial charge in [-0.2, -0.15) is 0 Å². The zero-order valence-electron chi connectivity index (χ0n) is 18.7. The highest BCUT2D eigenvalue weighted by molar-refractivity contribution is 5.90. The predicted molar refractivity (Wildman–Crippen MR) is 124 cm³/mol. The molecule has 2 fully saturated rings. The fraction of sp³-hybridized carbons (Fsp3) is 0.385. The minimum Gasteiger partial charge on any atom is -0.391 e. The van der Waals surface area contributed by atoms with E-state index in [1.54, 1.807) is 4.90 Å². The second kappa shape index (κ2) is 10.2. The highest BCUT2D eigenvalue weighted by atomic mass is 16.3. The summed E-state index contributed by atoms with van der Waals surface area (Å²) in [7, 11) is 0. The van der Waals surface area contributed by atoms with Crippen LogP contribution in [0.3, 0.4) is 0 Å². The fourth-order valence-electron chi connectivity index (χ4n) is 4.59. The molecule has 0 bridgehead atoms. The van der Waals surface area contributed by atoms with Gasteiger partial charge in [0, 0.05) is 43.9 Å².